The quantitative estimate of drug-likeness (QED) is 0.585. The first-order chi connectivity index (χ1) is 7.62. The van der Waals surface area contributed by atoms with Crippen LogP contribution in [-0.2, 0) is 0 Å². The van der Waals surface area contributed by atoms with Crippen molar-refractivity contribution in [2.45, 2.75) is 52.8 Å². The molecule has 1 spiro atoms. The fourth-order valence-corrected chi connectivity index (χ4v) is 3.36. The van der Waals surface area contributed by atoms with Crippen LogP contribution in [0.5, 0.6) is 0 Å². The van der Waals surface area contributed by atoms with Gasteiger partial charge in [-0.2, -0.15) is 13.2 Å². The summed E-state index contributed by atoms with van der Waals surface area (Å²) in [6.07, 6.45) is -0.519. The van der Waals surface area contributed by atoms with E-state index in [1.165, 1.54) is 0 Å². The Labute approximate surface area is 101 Å². The molecule has 0 aromatic rings. The third-order valence-electron chi connectivity index (χ3n) is 4.60. The van der Waals surface area contributed by atoms with Crippen LogP contribution < -0.4 is 0 Å². The Balaban J connectivity index is 1.96. The molecular weight excluding hydrogens is 227 g/mol. The largest absolute Gasteiger partial charge is 0.459 e. The predicted octanol–water partition coefficient (Wildman–Crippen LogP) is 4.04. The van der Waals surface area contributed by atoms with Crippen molar-refractivity contribution in [2.24, 2.45) is 16.7 Å². The zero-order valence-electron chi connectivity index (χ0n) is 10.9. The normalized spacial score (nSPS) is 36.0. The van der Waals surface area contributed by atoms with Crippen molar-refractivity contribution in [3.05, 3.63) is 0 Å². The van der Waals surface area contributed by atoms with Gasteiger partial charge in [-0.25, -0.2) is 4.90 Å². The third kappa shape index (κ3) is 2.61. The number of likely N-dealkylation sites (tertiary alicyclic amines) is 1. The summed E-state index contributed by atoms with van der Waals surface area (Å²) < 4.78 is 38.1. The first-order valence-electron chi connectivity index (χ1n) is 6.44. The van der Waals surface area contributed by atoms with Gasteiger partial charge in [-0.3, -0.25) is 0 Å². The summed E-state index contributed by atoms with van der Waals surface area (Å²) in [6, 6.07) is 0. The predicted molar refractivity (Wildman–Crippen MR) is 61.5 cm³/mol. The molecule has 0 aromatic heterocycles. The van der Waals surface area contributed by atoms with Crippen LogP contribution in [-0.4, -0.2) is 24.3 Å². The lowest BCUT2D eigenvalue weighted by Gasteiger charge is -2.56. The van der Waals surface area contributed by atoms with Crippen LogP contribution in [0.2, 0.25) is 0 Å². The van der Waals surface area contributed by atoms with E-state index in [1.807, 2.05) is 0 Å². The number of nitrogens with zero attached hydrogens (tertiary/aromatic N) is 1. The van der Waals surface area contributed by atoms with E-state index in [1.54, 1.807) is 0 Å². The summed E-state index contributed by atoms with van der Waals surface area (Å²) >= 11 is 0. The van der Waals surface area contributed by atoms with Crippen LogP contribution in [0.1, 0.15) is 46.5 Å². The number of hydrogen-bond acceptors (Lipinski definition) is 1. The number of halogens is 3. The smallest absolute Gasteiger partial charge is 0.214 e. The maximum absolute atomic E-state index is 12.7. The molecule has 0 amide bonds. The summed E-state index contributed by atoms with van der Waals surface area (Å²) in [5.74, 6) is 0.593. The molecule has 2 fully saturated rings. The number of alkyl halides is 3. The second kappa shape index (κ2) is 3.87. The standard InChI is InChI=1S/C13H22F3N/c1-11(2,3)10-7-12(8-10)5-4-6-17(9-12)13(14,15)16/h10H,4-9H2,1-3H3. The average Bonchev–Trinajstić information content (AvgIpc) is 2.11. The van der Waals surface area contributed by atoms with Gasteiger partial charge in [-0.05, 0) is 42.4 Å². The molecule has 1 aliphatic carbocycles. The topological polar surface area (TPSA) is 3.24 Å². The van der Waals surface area contributed by atoms with Crippen molar-refractivity contribution in [3.63, 3.8) is 0 Å². The van der Waals surface area contributed by atoms with Crippen molar-refractivity contribution in [3.8, 4) is 0 Å². The van der Waals surface area contributed by atoms with Crippen molar-refractivity contribution in [2.75, 3.05) is 13.1 Å². The fraction of sp³-hybridized carbons (Fsp3) is 1.00. The lowest BCUT2D eigenvalue weighted by Crippen LogP contribution is -2.56. The van der Waals surface area contributed by atoms with E-state index in [0.717, 1.165) is 24.2 Å². The van der Waals surface area contributed by atoms with E-state index in [4.69, 9.17) is 0 Å². The summed E-state index contributed by atoms with van der Waals surface area (Å²) in [4.78, 5) is 0.718. The molecule has 0 bridgehead atoms. The maximum Gasteiger partial charge on any atom is 0.459 e. The van der Waals surface area contributed by atoms with Gasteiger partial charge in [0.1, 0.15) is 0 Å². The minimum absolute atomic E-state index is 0.0360. The van der Waals surface area contributed by atoms with Gasteiger partial charge < -0.3 is 0 Å². The Morgan fingerprint density at radius 1 is 1.12 bits per heavy atom. The molecule has 1 heterocycles. The molecule has 0 N–H and O–H groups in total. The second-order valence-electron chi connectivity index (χ2n) is 6.96. The van der Waals surface area contributed by atoms with Gasteiger partial charge >= 0.3 is 6.30 Å². The zero-order chi connectivity index (χ0) is 12.9. The Hall–Kier alpha value is -0.250. The first-order valence-corrected chi connectivity index (χ1v) is 6.44. The zero-order valence-corrected chi connectivity index (χ0v) is 10.9. The van der Waals surface area contributed by atoms with Crippen LogP contribution in [0, 0.1) is 16.7 Å². The van der Waals surface area contributed by atoms with Crippen LogP contribution in [0.4, 0.5) is 13.2 Å². The number of hydrogen-bond donors (Lipinski definition) is 0. The van der Waals surface area contributed by atoms with Crippen molar-refractivity contribution < 1.29 is 13.2 Å². The fourth-order valence-electron chi connectivity index (χ4n) is 3.36. The van der Waals surface area contributed by atoms with Crippen LogP contribution in [0.25, 0.3) is 0 Å². The summed E-state index contributed by atoms with van der Waals surface area (Å²) in [5, 5.41) is 0. The SMILES string of the molecule is CC(C)(C)C1CC2(CCCN(C(F)(F)F)C2)C1. The van der Waals surface area contributed by atoms with E-state index < -0.39 is 6.30 Å². The minimum Gasteiger partial charge on any atom is -0.214 e. The number of piperidine rings is 1. The lowest BCUT2D eigenvalue weighted by molar-refractivity contribution is -0.268. The molecule has 1 nitrogen and oxygen atoms in total. The first kappa shape index (κ1) is 13.2. The summed E-state index contributed by atoms with van der Waals surface area (Å²) in [6.45, 7) is 6.98. The molecule has 1 aliphatic heterocycles. The molecule has 100 valence electrons. The highest BCUT2D eigenvalue weighted by Crippen LogP contribution is 2.57. The number of rotatable bonds is 0. The van der Waals surface area contributed by atoms with E-state index in [9.17, 15) is 13.2 Å². The Bertz CT molecular complexity index is 284. The van der Waals surface area contributed by atoms with Crippen LogP contribution in [0.15, 0.2) is 0 Å². The molecule has 0 radical (unpaired) electrons. The molecule has 0 aromatic carbocycles. The van der Waals surface area contributed by atoms with E-state index >= 15 is 0 Å². The summed E-state index contributed by atoms with van der Waals surface area (Å²) in [5.41, 5.74) is 0.206. The van der Waals surface area contributed by atoms with E-state index in [2.05, 4.69) is 20.8 Å². The highest BCUT2D eigenvalue weighted by Gasteiger charge is 2.53. The Morgan fingerprint density at radius 3 is 2.18 bits per heavy atom. The second-order valence-corrected chi connectivity index (χ2v) is 6.96. The van der Waals surface area contributed by atoms with Crippen molar-refractivity contribution in [1.29, 1.82) is 0 Å². The lowest BCUT2D eigenvalue weighted by atomic mass is 9.52. The molecule has 1 saturated carbocycles. The maximum atomic E-state index is 12.7. The molecular formula is C13H22F3N. The Kier molecular flexibility index (Phi) is 3.00. The van der Waals surface area contributed by atoms with Crippen molar-refractivity contribution >= 4 is 0 Å². The van der Waals surface area contributed by atoms with Gasteiger partial charge in [0.05, 0.1) is 0 Å². The van der Waals surface area contributed by atoms with Gasteiger partial charge in [0.25, 0.3) is 0 Å². The van der Waals surface area contributed by atoms with Crippen molar-refractivity contribution in [1.82, 2.24) is 4.90 Å². The minimum atomic E-state index is -4.14. The van der Waals surface area contributed by atoms with E-state index in [-0.39, 0.29) is 23.9 Å². The molecule has 0 atom stereocenters. The molecule has 2 rings (SSSR count). The van der Waals surface area contributed by atoms with Gasteiger partial charge in [-0.15, -0.1) is 0 Å². The Morgan fingerprint density at radius 2 is 1.71 bits per heavy atom. The van der Waals surface area contributed by atoms with Crippen LogP contribution in [0.3, 0.4) is 0 Å². The highest BCUT2D eigenvalue weighted by atomic mass is 19.4. The molecule has 17 heavy (non-hydrogen) atoms. The molecule has 2 aliphatic rings. The van der Waals surface area contributed by atoms with Crippen LogP contribution >= 0.6 is 0 Å². The third-order valence-corrected chi connectivity index (χ3v) is 4.60. The molecule has 4 heteroatoms. The van der Waals surface area contributed by atoms with E-state index in [0.29, 0.717) is 12.3 Å². The summed E-state index contributed by atoms with van der Waals surface area (Å²) in [7, 11) is 0. The van der Waals surface area contributed by atoms with Gasteiger partial charge in [0.15, 0.2) is 0 Å². The van der Waals surface area contributed by atoms with Gasteiger partial charge in [-0.1, -0.05) is 20.8 Å². The van der Waals surface area contributed by atoms with Gasteiger partial charge in [0, 0.05) is 13.1 Å². The highest BCUT2D eigenvalue weighted by molar-refractivity contribution is 5.01. The van der Waals surface area contributed by atoms with Gasteiger partial charge in [0.2, 0.25) is 0 Å². The molecule has 1 saturated heterocycles. The monoisotopic (exact) mass is 249 g/mol. The molecule has 0 unspecified atom stereocenters. The average molecular weight is 249 g/mol.